The lowest BCUT2D eigenvalue weighted by Gasteiger charge is -2.13. The van der Waals surface area contributed by atoms with E-state index in [1.807, 2.05) is 18.2 Å². The Labute approximate surface area is 753 Å². The van der Waals surface area contributed by atoms with Crippen LogP contribution in [0.3, 0.4) is 0 Å². The number of nitrogens with zero attached hydrogens (tertiary/aromatic N) is 8. The topological polar surface area (TPSA) is 356 Å². The molecule has 4 amide bonds. The first kappa shape index (κ1) is 87.1. The number of fused-ring (bicyclic) bond motifs is 4. The molecule has 0 atom stereocenters. The molecule has 0 fully saturated rings. The van der Waals surface area contributed by atoms with Crippen LogP contribution >= 0.6 is 0 Å². The highest BCUT2D eigenvalue weighted by molar-refractivity contribution is 6.06. The van der Waals surface area contributed by atoms with E-state index in [4.69, 9.17) is 18.9 Å². The number of anilines is 4. The van der Waals surface area contributed by atoms with Crippen molar-refractivity contribution in [3.63, 3.8) is 0 Å². The van der Waals surface area contributed by atoms with Crippen LogP contribution in [0.25, 0.3) is 66.9 Å². The van der Waals surface area contributed by atoms with Gasteiger partial charge in [0.1, 0.15) is 108 Å². The van der Waals surface area contributed by atoms with E-state index in [1.54, 1.807) is 178 Å². The highest BCUT2D eigenvalue weighted by Crippen LogP contribution is 2.36. The molecule has 660 valence electrons. The maximum Gasteiger partial charge on any atom is 0.267 e. The first-order valence-electron chi connectivity index (χ1n) is 40.8. The first-order valence-corrected chi connectivity index (χ1v) is 40.8. The van der Waals surface area contributed by atoms with E-state index in [-0.39, 0.29) is 33.7 Å². The molecule has 0 spiro atoms. The largest absolute Gasteiger partial charge is 0.457 e. The SMILES string of the molecule is Cc1cc(Oc2ccnc3[nH]ccc23)c(F)cc1NC(=O)c1cccn(-c2ccc(F)cc2)c1=O.O=C(Nc1ccc(Oc2ccnc3[nH]ccc23)cc1)c1cccn(-c2ccc(F)cc2)c1=O.O=C(Nc1ccc(Oc2ccnc3[nH]ccc23)cc1)c1cccn(-c2ccc(F)cc2)c1=O.O=C(Nc1ccc(Oc2ccnc3[nH]ccc23)cc1)c1cccn(-c2ccc(F)cc2)c1=O. The van der Waals surface area contributed by atoms with Gasteiger partial charge in [-0.15, -0.1) is 0 Å². The van der Waals surface area contributed by atoms with Crippen molar-refractivity contribution in [2.24, 2.45) is 0 Å². The fourth-order valence-electron chi connectivity index (χ4n) is 14.0. The molecule has 20 rings (SSSR count). The second-order valence-corrected chi connectivity index (χ2v) is 29.4. The number of aromatic nitrogens is 12. The predicted octanol–water partition coefficient (Wildman–Crippen LogP) is 20.0. The molecule has 0 saturated heterocycles. The summed E-state index contributed by atoms with van der Waals surface area (Å²) in [7, 11) is 0. The van der Waals surface area contributed by atoms with Crippen molar-refractivity contribution in [1.82, 2.24) is 58.1 Å². The van der Waals surface area contributed by atoms with Gasteiger partial charge in [-0.3, -0.25) is 56.6 Å². The number of aryl methyl sites for hydroxylation is 1. The van der Waals surface area contributed by atoms with Crippen molar-refractivity contribution in [2.45, 2.75) is 6.92 Å². The number of H-pyrrole nitrogens is 4. The fraction of sp³-hybridized carbons (Fsp3) is 0.00990. The van der Waals surface area contributed by atoms with E-state index in [1.165, 1.54) is 177 Å². The molecule has 0 aliphatic carbocycles. The van der Waals surface area contributed by atoms with Gasteiger partial charge in [0.15, 0.2) is 11.6 Å². The average Bonchev–Trinajstić information content (AvgIpc) is 1.42. The maximum absolute atomic E-state index is 14.9. The smallest absolute Gasteiger partial charge is 0.267 e. The van der Waals surface area contributed by atoms with Crippen molar-refractivity contribution in [1.29, 1.82) is 0 Å². The number of nitrogens with one attached hydrogen (secondary N) is 8. The number of hydrogen-bond acceptors (Lipinski definition) is 16. The zero-order valence-electron chi connectivity index (χ0n) is 69.9. The lowest BCUT2D eigenvalue weighted by atomic mass is 10.1. The van der Waals surface area contributed by atoms with Crippen molar-refractivity contribution in [3.05, 3.63) is 452 Å². The normalized spacial score (nSPS) is 10.9. The van der Waals surface area contributed by atoms with Crippen molar-refractivity contribution in [2.75, 3.05) is 21.3 Å². The molecular formula is C101H69F5N16O12. The average molecular weight is 1790 g/mol. The van der Waals surface area contributed by atoms with Crippen LogP contribution in [-0.4, -0.2) is 81.8 Å². The Morgan fingerprint density at radius 2 is 0.545 bits per heavy atom. The van der Waals surface area contributed by atoms with Gasteiger partial charge in [-0.2, -0.15) is 0 Å². The summed E-state index contributed by atoms with van der Waals surface area (Å²) in [5.74, 6) is -0.578. The van der Waals surface area contributed by atoms with Gasteiger partial charge >= 0.3 is 0 Å². The van der Waals surface area contributed by atoms with Gasteiger partial charge in [0.25, 0.3) is 45.9 Å². The molecule has 0 radical (unpaired) electrons. The predicted molar refractivity (Wildman–Crippen MR) is 495 cm³/mol. The summed E-state index contributed by atoms with van der Waals surface area (Å²) in [6.45, 7) is 1.68. The standard InChI is InChI=1S/C26H18F2N4O3.3C25H17FN4O3/c1-15-13-23(35-22-9-11-30-24-18(22)8-10-29-24)20(28)14-21(15)31-25(33)19-3-2-12-32(26(19)34)17-6-4-16(27)5-7-17;3*26-16-3-7-18(8-4-16)30-15-1-2-21(25(30)32)24(31)29-17-5-9-19(10-6-17)33-22-12-14-28-23-20(22)11-13-27-23/h2-14H,1H3,(H,29,30)(H,31,33);3*1-15H,(H,27,28)(H,29,31). The van der Waals surface area contributed by atoms with E-state index in [2.05, 4.69) is 61.1 Å². The number of pyridine rings is 8. The summed E-state index contributed by atoms with van der Waals surface area (Å²) >= 11 is 0. The molecular weight excluding hydrogens is 1720 g/mol. The number of carbonyl (C=O) groups is 4. The summed E-state index contributed by atoms with van der Waals surface area (Å²) < 4.78 is 96.4. The van der Waals surface area contributed by atoms with E-state index in [0.29, 0.717) is 96.7 Å². The van der Waals surface area contributed by atoms with E-state index in [9.17, 15) is 60.3 Å². The van der Waals surface area contributed by atoms with Gasteiger partial charge in [0.05, 0.1) is 21.5 Å². The number of rotatable bonds is 20. The summed E-state index contributed by atoms with van der Waals surface area (Å²) in [6, 6.07) is 71.1. The molecule has 12 aromatic heterocycles. The Morgan fingerprint density at radius 1 is 0.291 bits per heavy atom. The molecule has 0 aliphatic heterocycles. The van der Waals surface area contributed by atoms with Gasteiger partial charge in [-0.1, -0.05) is 0 Å². The van der Waals surface area contributed by atoms with Gasteiger partial charge < -0.3 is 60.2 Å². The third-order valence-corrected chi connectivity index (χ3v) is 20.6. The number of benzene rings is 8. The monoisotopic (exact) mass is 1790 g/mol. The van der Waals surface area contributed by atoms with Crippen LogP contribution in [0, 0.1) is 36.0 Å². The fourth-order valence-corrected chi connectivity index (χ4v) is 14.0. The minimum Gasteiger partial charge on any atom is -0.457 e. The number of aromatic amines is 4. The lowest BCUT2D eigenvalue weighted by Crippen LogP contribution is -2.28. The molecule has 8 aromatic carbocycles. The van der Waals surface area contributed by atoms with Crippen molar-refractivity contribution in [3.8, 4) is 68.7 Å². The van der Waals surface area contributed by atoms with Crippen LogP contribution in [0.5, 0.6) is 46.0 Å². The molecule has 33 heteroatoms. The minimum absolute atomic E-state index is 0.0208. The quantitative estimate of drug-likeness (QED) is 0.0329. The molecule has 0 unspecified atom stereocenters. The minimum atomic E-state index is -0.703. The highest BCUT2D eigenvalue weighted by Gasteiger charge is 2.22. The summed E-state index contributed by atoms with van der Waals surface area (Å²) in [4.78, 5) is 131. The maximum atomic E-state index is 14.9. The van der Waals surface area contributed by atoms with Crippen LogP contribution in [-0.2, 0) is 0 Å². The van der Waals surface area contributed by atoms with Crippen molar-refractivity contribution >= 4 is 90.5 Å². The van der Waals surface area contributed by atoms with Gasteiger partial charge in [0.2, 0.25) is 0 Å². The van der Waals surface area contributed by atoms with Crippen LogP contribution < -0.4 is 62.5 Å². The Bertz CT molecular complexity index is 7470. The molecule has 134 heavy (non-hydrogen) atoms. The van der Waals surface area contributed by atoms with Gasteiger partial charge in [-0.05, 0) is 285 Å². The Morgan fingerprint density at radius 3 is 0.813 bits per heavy atom. The van der Waals surface area contributed by atoms with E-state index >= 15 is 0 Å². The van der Waals surface area contributed by atoms with Gasteiger partial charge in [0, 0.05) is 126 Å². The second-order valence-electron chi connectivity index (χ2n) is 29.4. The summed E-state index contributed by atoms with van der Waals surface area (Å²) in [5.41, 5.74) is 4.47. The molecule has 0 aliphatic rings. The van der Waals surface area contributed by atoms with Crippen LogP contribution in [0.4, 0.5) is 44.7 Å². The third kappa shape index (κ3) is 19.9. The number of ether oxygens (including phenoxy) is 4. The zero-order valence-corrected chi connectivity index (χ0v) is 69.9. The lowest BCUT2D eigenvalue weighted by molar-refractivity contribution is 0.101. The third-order valence-electron chi connectivity index (χ3n) is 20.6. The summed E-state index contributed by atoms with van der Waals surface area (Å²) in [6.07, 6.45) is 19.6. The zero-order chi connectivity index (χ0) is 92.9. The number of halogens is 5. The molecule has 0 bridgehead atoms. The Kier molecular flexibility index (Phi) is 25.4. The van der Waals surface area contributed by atoms with Crippen molar-refractivity contribution < 1.29 is 60.1 Å². The van der Waals surface area contributed by atoms with Crippen LogP contribution in [0.1, 0.15) is 47.0 Å². The Hall–Kier alpha value is -19.0. The first-order chi connectivity index (χ1) is 65.1. The molecule has 20 aromatic rings. The number of amides is 4. The van der Waals surface area contributed by atoms with E-state index in [0.717, 1.165) is 39.2 Å². The van der Waals surface area contributed by atoms with E-state index < -0.39 is 75.0 Å². The van der Waals surface area contributed by atoms with Gasteiger partial charge in [-0.25, -0.2) is 41.9 Å². The number of carbonyl (C=O) groups excluding carboxylic acids is 4. The second kappa shape index (κ2) is 39.1. The molecule has 28 nitrogen and oxygen atoms in total. The number of hydrogen-bond donors (Lipinski definition) is 8. The molecule has 8 N–H and O–H groups in total. The highest BCUT2D eigenvalue weighted by atomic mass is 19.1. The summed E-state index contributed by atoms with van der Waals surface area (Å²) in [5, 5.41) is 14.0. The molecule has 0 saturated carbocycles. The van der Waals surface area contributed by atoms with Crippen LogP contribution in [0.2, 0.25) is 0 Å². The van der Waals surface area contributed by atoms with Crippen LogP contribution in [0.15, 0.2) is 373 Å². The molecule has 12 heterocycles. The Balaban J connectivity index is 0.000000124.